The summed E-state index contributed by atoms with van der Waals surface area (Å²) < 4.78 is 29.2. The molecule has 0 radical (unpaired) electrons. The molecule has 13 heavy (non-hydrogen) atoms. The number of halogens is 2. The predicted molar refractivity (Wildman–Crippen MR) is 45.7 cm³/mol. The summed E-state index contributed by atoms with van der Waals surface area (Å²) in [4.78, 5) is 11.1. The zero-order chi connectivity index (χ0) is 10.5. The number of ether oxygens (including phenoxy) is 1. The molecule has 78 valence electrons. The maximum absolute atomic E-state index is 12.3. The van der Waals surface area contributed by atoms with E-state index in [9.17, 15) is 13.6 Å². The van der Waals surface area contributed by atoms with Crippen molar-refractivity contribution in [3.8, 4) is 0 Å². The van der Waals surface area contributed by atoms with E-state index in [0.29, 0.717) is 6.42 Å². The van der Waals surface area contributed by atoms with Crippen molar-refractivity contribution in [1.82, 2.24) is 0 Å². The Balaban J connectivity index is 3.95. The Morgan fingerprint density at radius 3 is 2.38 bits per heavy atom. The maximum atomic E-state index is 12.3. The number of hydrogen-bond donors (Lipinski definition) is 0. The number of hydrogen-bond acceptors (Lipinski definition) is 2. The molecule has 0 amide bonds. The van der Waals surface area contributed by atoms with Gasteiger partial charge in [-0.2, -0.15) is 0 Å². The first kappa shape index (κ1) is 12.3. The molecular formula is C9H16F2O2. The molecule has 0 aliphatic heterocycles. The number of esters is 1. The monoisotopic (exact) mass is 194 g/mol. The van der Waals surface area contributed by atoms with Gasteiger partial charge in [0.2, 0.25) is 0 Å². The smallest absolute Gasteiger partial charge is 0.317 e. The van der Waals surface area contributed by atoms with Gasteiger partial charge in [0.15, 0.2) is 0 Å². The second kappa shape index (κ2) is 5.14. The van der Waals surface area contributed by atoms with Gasteiger partial charge < -0.3 is 4.74 Å². The van der Waals surface area contributed by atoms with Crippen LogP contribution in [0.25, 0.3) is 0 Å². The minimum absolute atomic E-state index is 0.228. The van der Waals surface area contributed by atoms with Crippen LogP contribution >= 0.6 is 0 Å². The Hall–Kier alpha value is -0.670. The highest BCUT2D eigenvalue weighted by atomic mass is 19.3. The number of rotatable bonds is 5. The van der Waals surface area contributed by atoms with Crippen LogP contribution < -0.4 is 0 Å². The molecule has 2 nitrogen and oxygen atoms in total. The third-order valence-electron chi connectivity index (χ3n) is 1.80. The number of unbranched alkanes of at least 4 members (excludes halogenated alkanes) is 1. The highest BCUT2D eigenvalue weighted by Gasteiger charge is 2.39. The van der Waals surface area contributed by atoms with E-state index in [1.165, 1.54) is 13.8 Å². The molecule has 0 bridgehead atoms. The van der Waals surface area contributed by atoms with Gasteiger partial charge in [-0.1, -0.05) is 13.3 Å². The van der Waals surface area contributed by atoms with Gasteiger partial charge in [0.25, 0.3) is 6.43 Å². The third-order valence-corrected chi connectivity index (χ3v) is 1.80. The molecule has 0 aromatic carbocycles. The fourth-order valence-electron chi connectivity index (χ4n) is 0.584. The number of alkyl halides is 2. The van der Waals surface area contributed by atoms with E-state index < -0.39 is 17.8 Å². The molecule has 0 atom stereocenters. The second-order valence-electron chi connectivity index (χ2n) is 3.51. The molecule has 0 heterocycles. The zero-order valence-corrected chi connectivity index (χ0v) is 8.27. The normalized spacial score (nSPS) is 11.8. The van der Waals surface area contributed by atoms with Gasteiger partial charge in [0, 0.05) is 0 Å². The van der Waals surface area contributed by atoms with E-state index >= 15 is 0 Å². The summed E-state index contributed by atoms with van der Waals surface area (Å²) in [6.07, 6.45) is -1.09. The minimum Gasteiger partial charge on any atom is -0.465 e. The van der Waals surface area contributed by atoms with Crippen LogP contribution in [0.4, 0.5) is 8.78 Å². The molecule has 4 heteroatoms. The van der Waals surface area contributed by atoms with E-state index in [-0.39, 0.29) is 6.61 Å². The lowest BCUT2D eigenvalue weighted by atomic mass is 9.95. The molecule has 0 unspecified atom stereocenters. The Morgan fingerprint density at radius 2 is 2.00 bits per heavy atom. The van der Waals surface area contributed by atoms with Crippen molar-refractivity contribution in [3.63, 3.8) is 0 Å². The summed E-state index contributed by atoms with van der Waals surface area (Å²) in [6.45, 7) is 4.54. The van der Waals surface area contributed by atoms with Crippen molar-refractivity contribution < 1.29 is 18.3 Å². The van der Waals surface area contributed by atoms with Gasteiger partial charge >= 0.3 is 5.97 Å². The van der Waals surface area contributed by atoms with Crippen LogP contribution in [-0.2, 0) is 9.53 Å². The van der Waals surface area contributed by atoms with Gasteiger partial charge in [-0.25, -0.2) is 8.78 Å². The summed E-state index contributed by atoms with van der Waals surface area (Å²) in [7, 11) is 0. The van der Waals surface area contributed by atoms with Gasteiger partial charge in [-0.3, -0.25) is 4.79 Å². The predicted octanol–water partition coefficient (Wildman–Crippen LogP) is 2.62. The highest BCUT2D eigenvalue weighted by molar-refractivity contribution is 5.76. The van der Waals surface area contributed by atoms with Crippen LogP contribution in [0, 0.1) is 5.41 Å². The van der Waals surface area contributed by atoms with Crippen LogP contribution in [0.5, 0.6) is 0 Å². The molecule has 0 N–H and O–H groups in total. The standard InChI is InChI=1S/C9H16F2O2/c1-4-5-6-13-8(12)9(2,3)7(10)11/h7H,4-6H2,1-3H3. The van der Waals surface area contributed by atoms with E-state index in [1.807, 2.05) is 6.92 Å². The van der Waals surface area contributed by atoms with Gasteiger partial charge in [0.05, 0.1) is 6.61 Å². The number of carbonyl (C=O) groups excluding carboxylic acids is 1. The number of carbonyl (C=O) groups is 1. The molecular weight excluding hydrogens is 178 g/mol. The fourth-order valence-corrected chi connectivity index (χ4v) is 0.584. The third kappa shape index (κ3) is 3.70. The lowest BCUT2D eigenvalue weighted by Gasteiger charge is -2.20. The van der Waals surface area contributed by atoms with Crippen molar-refractivity contribution in [1.29, 1.82) is 0 Å². The average Bonchev–Trinajstić information content (AvgIpc) is 2.04. The molecule has 0 saturated heterocycles. The maximum Gasteiger partial charge on any atom is 0.317 e. The van der Waals surface area contributed by atoms with E-state index in [1.54, 1.807) is 0 Å². The summed E-state index contributed by atoms with van der Waals surface area (Å²) >= 11 is 0. The summed E-state index contributed by atoms with van der Waals surface area (Å²) in [6, 6.07) is 0. The molecule has 0 fully saturated rings. The molecule has 0 saturated carbocycles. The Labute approximate surface area is 77.3 Å². The molecule has 0 aliphatic rings. The largest absolute Gasteiger partial charge is 0.465 e. The van der Waals surface area contributed by atoms with E-state index in [2.05, 4.69) is 4.74 Å². The van der Waals surface area contributed by atoms with Gasteiger partial charge in [-0.15, -0.1) is 0 Å². The summed E-state index contributed by atoms with van der Waals surface area (Å²) in [5.41, 5.74) is -1.69. The molecule has 0 aromatic heterocycles. The van der Waals surface area contributed by atoms with Crippen LogP contribution in [0.2, 0.25) is 0 Å². The van der Waals surface area contributed by atoms with Crippen LogP contribution in [0.3, 0.4) is 0 Å². The molecule has 0 aliphatic carbocycles. The van der Waals surface area contributed by atoms with Crippen molar-refractivity contribution in [2.45, 2.75) is 40.0 Å². The van der Waals surface area contributed by atoms with Gasteiger partial charge in [-0.05, 0) is 20.3 Å². The first-order valence-electron chi connectivity index (χ1n) is 4.38. The fraction of sp³-hybridized carbons (Fsp3) is 0.889. The zero-order valence-electron chi connectivity index (χ0n) is 8.27. The summed E-state index contributed by atoms with van der Waals surface area (Å²) in [5.74, 6) is -0.823. The van der Waals surface area contributed by atoms with Crippen molar-refractivity contribution in [2.75, 3.05) is 6.61 Å². The molecule has 0 rings (SSSR count). The minimum atomic E-state index is -2.68. The van der Waals surface area contributed by atoms with Crippen LogP contribution in [0.15, 0.2) is 0 Å². The Kier molecular flexibility index (Phi) is 4.88. The Bertz CT molecular complexity index is 167. The van der Waals surface area contributed by atoms with Crippen molar-refractivity contribution >= 4 is 5.97 Å². The second-order valence-corrected chi connectivity index (χ2v) is 3.51. The molecule has 0 spiro atoms. The lowest BCUT2D eigenvalue weighted by molar-refractivity contribution is -0.162. The van der Waals surface area contributed by atoms with Crippen molar-refractivity contribution in [2.24, 2.45) is 5.41 Å². The first-order chi connectivity index (χ1) is 5.92. The Morgan fingerprint density at radius 1 is 1.46 bits per heavy atom. The average molecular weight is 194 g/mol. The lowest BCUT2D eigenvalue weighted by Crippen LogP contribution is -2.33. The highest BCUT2D eigenvalue weighted by Crippen LogP contribution is 2.26. The van der Waals surface area contributed by atoms with Crippen LogP contribution in [-0.4, -0.2) is 19.0 Å². The SMILES string of the molecule is CCCCOC(=O)C(C)(C)C(F)F. The van der Waals surface area contributed by atoms with Gasteiger partial charge in [0.1, 0.15) is 5.41 Å². The summed E-state index contributed by atoms with van der Waals surface area (Å²) in [5, 5.41) is 0. The topological polar surface area (TPSA) is 26.3 Å². The van der Waals surface area contributed by atoms with Crippen LogP contribution in [0.1, 0.15) is 33.6 Å². The van der Waals surface area contributed by atoms with E-state index in [4.69, 9.17) is 0 Å². The van der Waals surface area contributed by atoms with Crippen molar-refractivity contribution in [3.05, 3.63) is 0 Å². The first-order valence-corrected chi connectivity index (χ1v) is 4.38. The quantitative estimate of drug-likeness (QED) is 0.496. The molecule has 0 aromatic rings. The van der Waals surface area contributed by atoms with E-state index in [0.717, 1.165) is 6.42 Å².